The van der Waals surface area contributed by atoms with Gasteiger partial charge < -0.3 is 5.32 Å². The van der Waals surface area contributed by atoms with Crippen LogP contribution in [-0.2, 0) is 0 Å². The van der Waals surface area contributed by atoms with Crippen molar-refractivity contribution < 1.29 is 0 Å². The normalized spacial score (nSPS) is 9.95. The lowest BCUT2D eigenvalue weighted by atomic mass is 10.3. The summed E-state index contributed by atoms with van der Waals surface area (Å²) in [5, 5.41) is 5.10. The first-order valence-corrected chi connectivity index (χ1v) is 9.28. The quantitative estimate of drug-likeness (QED) is 0.641. The van der Waals surface area contributed by atoms with E-state index in [0.717, 1.165) is 5.69 Å². The first-order valence-electron chi connectivity index (χ1n) is 6.29. The zero-order valence-corrected chi connectivity index (χ0v) is 14.4. The van der Waals surface area contributed by atoms with Crippen LogP contribution in [0, 0.1) is 0 Å². The Morgan fingerprint density at radius 1 is 1.10 bits per heavy atom. The van der Waals surface area contributed by atoms with Gasteiger partial charge in [-0.2, -0.15) is 4.98 Å². The average molecular weight is 330 g/mol. The molecule has 0 unspecified atom stereocenters. The maximum atomic E-state index is 6.04. The first kappa shape index (κ1) is 17.2. The van der Waals surface area contributed by atoms with E-state index in [2.05, 4.69) is 34.7 Å². The molecule has 0 saturated carbocycles. The molecule has 6 heteroatoms. The summed E-state index contributed by atoms with van der Waals surface area (Å²) in [6.45, 7) is 8.40. The van der Waals surface area contributed by atoms with Crippen LogP contribution in [0.15, 0.2) is 30.5 Å². The molecule has 0 aliphatic rings. The minimum atomic E-state index is -0.212. The Labute approximate surface area is 131 Å². The van der Waals surface area contributed by atoms with Gasteiger partial charge in [-0.15, -0.1) is 0 Å². The first-order chi connectivity index (χ1) is 9.58. The summed E-state index contributed by atoms with van der Waals surface area (Å²) in [5.41, 5.74) is 1.00. The number of hydrogen-bond acceptors (Lipinski definition) is 3. The van der Waals surface area contributed by atoms with Crippen molar-refractivity contribution in [1.82, 2.24) is 9.97 Å². The Hall–Kier alpha value is -0.890. The molecule has 0 amide bonds. The Morgan fingerprint density at radius 2 is 1.75 bits per heavy atom. The van der Waals surface area contributed by atoms with Crippen LogP contribution in [0.5, 0.6) is 0 Å². The molecule has 0 bridgehead atoms. The monoisotopic (exact) mass is 329 g/mol. The third-order valence-corrected chi connectivity index (χ3v) is 4.17. The summed E-state index contributed by atoms with van der Waals surface area (Å²) in [7, 11) is -0.212. The standard InChI is InChI=1S/C12H12Cl2N3P.C2H6/c1-18(2)10-6-4-3-5-9(10)16-11-8(13)7-15-12(14)17-11;1-2/h3-7H,1-2H3,(H,15,16,17);1-2H3. The van der Waals surface area contributed by atoms with Crippen LogP contribution >= 0.6 is 31.1 Å². The largest absolute Gasteiger partial charge is 0.338 e. The van der Waals surface area contributed by atoms with E-state index >= 15 is 0 Å². The van der Waals surface area contributed by atoms with Crippen molar-refractivity contribution in [2.75, 3.05) is 18.6 Å². The second-order valence-corrected chi connectivity index (χ2v) is 6.89. The minimum Gasteiger partial charge on any atom is -0.338 e. The molecule has 2 aromatic rings. The minimum absolute atomic E-state index is 0.176. The molecule has 1 aromatic carbocycles. The van der Waals surface area contributed by atoms with Gasteiger partial charge in [-0.3, -0.25) is 0 Å². The average Bonchev–Trinajstić information content (AvgIpc) is 2.45. The van der Waals surface area contributed by atoms with E-state index < -0.39 is 0 Å². The molecule has 0 spiro atoms. The van der Waals surface area contributed by atoms with Crippen molar-refractivity contribution >= 4 is 47.9 Å². The number of para-hydroxylation sites is 1. The van der Waals surface area contributed by atoms with Crippen molar-refractivity contribution in [1.29, 1.82) is 0 Å². The summed E-state index contributed by atoms with van der Waals surface area (Å²) in [6.07, 6.45) is 1.49. The maximum Gasteiger partial charge on any atom is 0.224 e. The van der Waals surface area contributed by atoms with Gasteiger partial charge in [0.25, 0.3) is 0 Å². The van der Waals surface area contributed by atoms with Crippen molar-refractivity contribution in [2.45, 2.75) is 13.8 Å². The second kappa shape index (κ2) is 8.41. The number of hydrogen-bond donors (Lipinski definition) is 1. The summed E-state index contributed by atoms with van der Waals surface area (Å²) >= 11 is 11.8. The zero-order chi connectivity index (χ0) is 15.1. The molecule has 1 N–H and O–H groups in total. The van der Waals surface area contributed by atoms with E-state index in [-0.39, 0.29) is 13.2 Å². The van der Waals surface area contributed by atoms with Gasteiger partial charge in [-0.25, -0.2) is 4.98 Å². The van der Waals surface area contributed by atoms with Gasteiger partial charge in [-0.05, 0) is 36.3 Å². The van der Waals surface area contributed by atoms with Crippen molar-refractivity contribution in [3.8, 4) is 0 Å². The molecule has 108 valence electrons. The SMILES string of the molecule is CC.CP(C)c1ccccc1Nc1nc(Cl)ncc1Cl. The van der Waals surface area contributed by atoms with Crippen LogP contribution in [0.1, 0.15) is 13.8 Å². The van der Waals surface area contributed by atoms with Crippen molar-refractivity contribution in [3.63, 3.8) is 0 Å². The summed E-state index contributed by atoms with van der Waals surface area (Å²) in [6, 6.07) is 8.10. The highest BCUT2D eigenvalue weighted by Gasteiger charge is 2.09. The van der Waals surface area contributed by atoms with E-state index in [4.69, 9.17) is 23.2 Å². The number of halogens is 2. The number of nitrogens with zero attached hydrogens (tertiary/aromatic N) is 2. The molecule has 2 rings (SSSR count). The van der Waals surface area contributed by atoms with Gasteiger partial charge in [0.15, 0.2) is 5.82 Å². The van der Waals surface area contributed by atoms with Gasteiger partial charge in [0.1, 0.15) is 5.02 Å². The van der Waals surface area contributed by atoms with E-state index in [0.29, 0.717) is 10.8 Å². The fraction of sp³-hybridized carbons (Fsp3) is 0.286. The molecule has 0 fully saturated rings. The van der Waals surface area contributed by atoms with E-state index in [1.54, 1.807) is 0 Å². The smallest absolute Gasteiger partial charge is 0.224 e. The molecule has 0 atom stereocenters. The number of benzene rings is 1. The number of aromatic nitrogens is 2. The third kappa shape index (κ3) is 4.59. The summed E-state index contributed by atoms with van der Waals surface area (Å²) in [5.74, 6) is 0.529. The summed E-state index contributed by atoms with van der Waals surface area (Å²) in [4.78, 5) is 7.91. The number of nitrogens with one attached hydrogen (secondary N) is 1. The number of anilines is 2. The van der Waals surface area contributed by atoms with E-state index in [9.17, 15) is 0 Å². The van der Waals surface area contributed by atoms with Gasteiger partial charge >= 0.3 is 0 Å². The molecular formula is C14H18Cl2N3P. The van der Waals surface area contributed by atoms with Gasteiger partial charge in [0, 0.05) is 5.69 Å². The molecule has 20 heavy (non-hydrogen) atoms. The van der Waals surface area contributed by atoms with Gasteiger partial charge in [0.2, 0.25) is 5.28 Å². The van der Waals surface area contributed by atoms with Crippen molar-refractivity contribution in [3.05, 3.63) is 40.8 Å². The Kier molecular flexibility index (Phi) is 7.22. The molecule has 0 aliphatic heterocycles. The fourth-order valence-corrected chi connectivity index (χ4v) is 2.80. The Bertz CT molecular complexity index is 562. The van der Waals surface area contributed by atoms with E-state index in [1.165, 1.54) is 11.5 Å². The highest BCUT2D eigenvalue weighted by molar-refractivity contribution is 7.64. The van der Waals surface area contributed by atoms with Crippen molar-refractivity contribution in [2.24, 2.45) is 0 Å². The molecule has 1 heterocycles. The molecule has 3 nitrogen and oxygen atoms in total. The van der Waals surface area contributed by atoms with Gasteiger partial charge in [-0.1, -0.05) is 51.6 Å². The zero-order valence-electron chi connectivity index (χ0n) is 12.0. The lowest BCUT2D eigenvalue weighted by Gasteiger charge is -2.14. The van der Waals surface area contributed by atoms with Crippen LogP contribution in [0.25, 0.3) is 0 Å². The highest BCUT2D eigenvalue weighted by Crippen LogP contribution is 2.30. The van der Waals surface area contributed by atoms with Crippen LogP contribution < -0.4 is 10.6 Å². The predicted octanol–water partition coefficient (Wildman–Crippen LogP) is 4.92. The van der Waals surface area contributed by atoms with E-state index in [1.807, 2.05) is 32.0 Å². The van der Waals surface area contributed by atoms with Crippen LogP contribution in [0.3, 0.4) is 0 Å². The van der Waals surface area contributed by atoms with Crippen LogP contribution in [-0.4, -0.2) is 23.3 Å². The lowest BCUT2D eigenvalue weighted by Crippen LogP contribution is -2.08. The van der Waals surface area contributed by atoms with Crippen LogP contribution in [0.2, 0.25) is 10.3 Å². The van der Waals surface area contributed by atoms with Gasteiger partial charge in [0.05, 0.1) is 6.20 Å². The molecule has 0 aliphatic carbocycles. The maximum absolute atomic E-state index is 6.04. The lowest BCUT2D eigenvalue weighted by molar-refractivity contribution is 1.17. The molecular weight excluding hydrogens is 312 g/mol. The Balaban J connectivity index is 0.000000956. The highest BCUT2D eigenvalue weighted by atomic mass is 35.5. The van der Waals surface area contributed by atoms with Crippen LogP contribution in [0.4, 0.5) is 11.5 Å². The topological polar surface area (TPSA) is 37.8 Å². The Morgan fingerprint density at radius 3 is 2.40 bits per heavy atom. The second-order valence-electron chi connectivity index (χ2n) is 3.87. The third-order valence-electron chi connectivity index (χ3n) is 2.35. The molecule has 0 saturated heterocycles. The molecule has 1 aromatic heterocycles. The molecule has 0 radical (unpaired) electrons. The number of rotatable bonds is 3. The summed E-state index contributed by atoms with van der Waals surface area (Å²) < 4.78 is 0. The predicted molar refractivity (Wildman–Crippen MR) is 91.5 cm³/mol. The fourth-order valence-electron chi connectivity index (χ4n) is 1.53.